The molecule has 2 aliphatic rings. The first-order chi connectivity index (χ1) is 10.8. The lowest BCUT2D eigenvalue weighted by molar-refractivity contribution is 0.0195. The van der Waals surface area contributed by atoms with Gasteiger partial charge in [-0.25, -0.2) is 4.98 Å². The fourth-order valence-corrected chi connectivity index (χ4v) is 3.35. The van der Waals surface area contributed by atoms with Gasteiger partial charge in [-0.1, -0.05) is 6.07 Å². The first-order valence-corrected chi connectivity index (χ1v) is 7.70. The minimum Gasteiger partial charge on any atom is -0.486 e. The lowest BCUT2D eigenvalue weighted by atomic mass is 9.98. The fourth-order valence-electron chi connectivity index (χ4n) is 3.35. The molecule has 5 nitrogen and oxygen atoms in total. The summed E-state index contributed by atoms with van der Waals surface area (Å²) in [6, 6.07) is 9.85. The third kappa shape index (κ3) is 2.64. The summed E-state index contributed by atoms with van der Waals surface area (Å²) in [5.74, 6) is 1.84. The molecule has 0 aliphatic carbocycles. The van der Waals surface area contributed by atoms with E-state index in [0.29, 0.717) is 6.61 Å². The van der Waals surface area contributed by atoms with E-state index in [2.05, 4.69) is 20.9 Å². The van der Waals surface area contributed by atoms with Crippen molar-refractivity contribution in [3.63, 3.8) is 0 Å². The van der Waals surface area contributed by atoms with E-state index in [4.69, 9.17) is 9.47 Å². The number of anilines is 1. The molecule has 0 unspecified atom stereocenters. The molecule has 0 aromatic carbocycles. The van der Waals surface area contributed by atoms with Crippen molar-refractivity contribution in [2.45, 2.75) is 24.5 Å². The Morgan fingerprint density at radius 2 is 2.23 bits per heavy atom. The lowest BCUT2D eigenvalue weighted by Gasteiger charge is -2.23. The summed E-state index contributed by atoms with van der Waals surface area (Å²) in [5, 5.41) is 0. The minimum atomic E-state index is -0.0929. The van der Waals surface area contributed by atoms with E-state index in [0.717, 1.165) is 37.5 Å². The Labute approximate surface area is 129 Å². The SMILES string of the molecule is c1ccc(N2CC[C@@]3(C[C@H](Oc4cccnc4)CO3)C2)nc1. The van der Waals surface area contributed by atoms with Gasteiger partial charge in [-0.2, -0.15) is 0 Å². The summed E-state index contributed by atoms with van der Waals surface area (Å²) in [6.07, 6.45) is 7.39. The van der Waals surface area contributed by atoms with Crippen LogP contribution in [0.2, 0.25) is 0 Å². The van der Waals surface area contributed by atoms with E-state index in [-0.39, 0.29) is 11.7 Å². The Balaban J connectivity index is 1.40. The van der Waals surface area contributed by atoms with Gasteiger partial charge in [0.1, 0.15) is 17.7 Å². The van der Waals surface area contributed by atoms with Gasteiger partial charge in [-0.05, 0) is 30.7 Å². The van der Waals surface area contributed by atoms with Crippen LogP contribution in [0.25, 0.3) is 0 Å². The van der Waals surface area contributed by atoms with Gasteiger partial charge >= 0.3 is 0 Å². The quantitative estimate of drug-likeness (QED) is 0.870. The van der Waals surface area contributed by atoms with E-state index in [1.807, 2.05) is 30.5 Å². The second-order valence-corrected chi connectivity index (χ2v) is 5.99. The number of hydrogen-bond donors (Lipinski definition) is 0. The molecule has 22 heavy (non-hydrogen) atoms. The maximum atomic E-state index is 6.12. The number of pyridine rings is 2. The second kappa shape index (κ2) is 5.57. The summed E-state index contributed by atoms with van der Waals surface area (Å²) >= 11 is 0. The molecule has 0 amide bonds. The zero-order valence-electron chi connectivity index (χ0n) is 12.4. The van der Waals surface area contributed by atoms with Crippen LogP contribution < -0.4 is 9.64 Å². The van der Waals surface area contributed by atoms with Crippen LogP contribution >= 0.6 is 0 Å². The summed E-state index contributed by atoms with van der Waals surface area (Å²) in [7, 11) is 0. The monoisotopic (exact) mass is 297 g/mol. The van der Waals surface area contributed by atoms with Gasteiger partial charge in [-0.15, -0.1) is 0 Å². The fraction of sp³-hybridized carbons (Fsp3) is 0.412. The molecule has 1 spiro atoms. The third-order valence-electron chi connectivity index (χ3n) is 4.40. The first-order valence-electron chi connectivity index (χ1n) is 7.70. The largest absolute Gasteiger partial charge is 0.486 e. The number of nitrogens with zero attached hydrogens (tertiary/aromatic N) is 3. The normalized spacial score (nSPS) is 27.5. The molecule has 0 bridgehead atoms. The van der Waals surface area contributed by atoms with Gasteiger partial charge in [-0.3, -0.25) is 4.98 Å². The molecule has 114 valence electrons. The highest BCUT2D eigenvalue weighted by Gasteiger charge is 2.46. The molecule has 2 aromatic rings. The topological polar surface area (TPSA) is 47.5 Å². The van der Waals surface area contributed by atoms with Crippen LogP contribution in [0.15, 0.2) is 48.9 Å². The Bertz CT molecular complexity index is 622. The van der Waals surface area contributed by atoms with Crippen molar-refractivity contribution in [2.75, 3.05) is 24.6 Å². The molecule has 0 radical (unpaired) electrons. The van der Waals surface area contributed by atoms with Gasteiger partial charge in [0, 0.05) is 31.9 Å². The van der Waals surface area contributed by atoms with Gasteiger partial charge < -0.3 is 14.4 Å². The van der Waals surface area contributed by atoms with Gasteiger partial charge in [0.05, 0.1) is 18.4 Å². The van der Waals surface area contributed by atoms with Crippen molar-refractivity contribution >= 4 is 5.82 Å². The van der Waals surface area contributed by atoms with Crippen LogP contribution in [0.5, 0.6) is 5.75 Å². The van der Waals surface area contributed by atoms with Crippen LogP contribution in [0.1, 0.15) is 12.8 Å². The molecule has 4 heterocycles. The number of hydrogen-bond acceptors (Lipinski definition) is 5. The summed E-state index contributed by atoms with van der Waals surface area (Å²) < 4.78 is 12.1. The zero-order valence-corrected chi connectivity index (χ0v) is 12.4. The third-order valence-corrected chi connectivity index (χ3v) is 4.40. The molecule has 2 saturated heterocycles. The van der Waals surface area contributed by atoms with Crippen LogP contribution in [0.4, 0.5) is 5.82 Å². The van der Waals surface area contributed by atoms with Crippen molar-refractivity contribution < 1.29 is 9.47 Å². The second-order valence-electron chi connectivity index (χ2n) is 5.99. The molecule has 2 aromatic heterocycles. The van der Waals surface area contributed by atoms with E-state index >= 15 is 0 Å². The lowest BCUT2D eigenvalue weighted by Crippen LogP contribution is -2.33. The van der Waals surface area contributed by atoms with Gasteiger partial charge in [0.2, 0.25) is 0 Å². The Kier molecular flexibility index (Phi) is 3.42. The van der Waals surface area contributed by atoms with Crippen LogP contribution in [-0.4, -0.2) is 41.4 Å². The molecular formula is C17H19N3O2. The van der Waals surface area contributed by atoms with Crippen LogP contribution in [0, 0.1) is 0 Å². The van der Waals surface area contributed by atoms with Gasteiger partial charge in [0.15, 0.2) is 0 Å². The molecular weight excluding hydrogens is 278 g/mol. The highest BCUT2D eigenvalue weighted by molar-refractivity contribution is 5.40. The van der Waals surface area contributed by atoms with E-state index in [1.54, 1.807) is 12.4 Å². The molecule has 0 saturated carbocycles. The van der Waals surface area contributed by atoms with Gasteiger partial charge in [0.25, 0.3) is 0 Å². The maximum absolute atomic E-state index is 6.12. The number of ether oxygens (including phenoxy) is 2. The average Bonchev–Trinajstić information content (AvgIpc) is 3.17. The summed E-state index contributed by atoms with van der Waals surface area (Å²) in [6.45, 7) is 2.51. The smallest absolute Gasteiger partial charge is 0.138 e. The Hall–Kier alpha value is -2.14. The van der Waals surface area contributed by atoms with Crippen LogP contribution in [-0.2, 0) is 4.74 Å². The molecule has 0 N–H and O–H groups in total. The van der Waals surface area contributed by atoms with Crippen molar-refractivity contribution in [1.29, 1.82) is 0 Å². The molecule has 4 rings (SSSR count). The Morgan fingerprint density at radius 3 is 3.05 bits per heavy atom. The van der Waals surface area contributed by atoms with E-state index in [9.17, 15) is 0 Å². The van der Waals surface area contributed by atoms with Crippen LogP contribution in [0.3, 0.4) is 0 Å². The standard InChI is InChI=1S/C17H19N3O2/c1-2-8-19-16(5-1)20-9-6-17(13-20)10-15(12-21-17)22-14-4-3-7-18-11-14/h1-5,7-8,11,15H,6,9-10,12-13H2/t15-,17+/m0/s1. The maximum Gasteiger partial charge on any atom is 0.138 e. The first kappa shape index (κ1) is 13.5. The van der Waals surface area contributed by atoms with Crippen molar-refractivity contribution in [3.8, 4) is 5.75 Å². The number of rotatable bonds is 3. The van der Waals surface area contributed by atoms with E-state index in [1.165, 1.54) is 0 Å². The van der Waals surface area contributed by atoms with Crippen molar-refractivity contribution in [3.05, 3.63) is 48.9 Å². The molecule has 5 heteroatoms. The van der Waals surface area contributed by atoms with Crippen molar-refractivity contribution in [1.82, 2.24) is 9.97 Å². The molecule has 2 aliphatic heterocycles. The average molecular weight is 297 g/mol. The summed E-state index contributed by atoms with van der Waals surface area (Å²) in [4.78, 5) is 10.8. The highest BCUT2D eigenvalue weighted by atomic mass is 16.6. The van der Waals surface area contributed by atoms with E-state index < -0.39 is 0 Å². The molecule has 2 fully saturated rings. The highest BCUT2D eigenvalue weighted by Crippen LogP contribution is 2.37. The molecule has 2 atom stereocenters. The summed E-state index contributed by atoms with van der Waals surface area (Å²) in [5.41, 5.74) is -0.0929. The predicted molar refractivity (Wildman–Crippen MR) is 83.0 cm³/mol. The zero-order chi connectivity index (χ0) is 14.8. The Morgan fingerprint density at radius 1 is 1.23 bits per heavy atom. The minimum absolute atomic E-state index is 0.0929. The van der Waals surface area contributed by atoms with Crippen molar-refractivity contribution in [2.24, 2.45) is 0 Å². The predicted octanol–water partition coefficient (Wildman–Crippen LogP) is 2.29. The number of aromatic nitrogens is 2.